The molecule has 0 unspecified atom stereocenters. The number of nitriles is 1. The van der Waals surface area contributed by atoms with Crippen LogP contribution in [0.15, 0.2) is 48.8 Å². The Morgan fingerprint density at radius 1 is 1.14 bits per heavy atom. The van der Waals surface area contributed by atoms with Gasteiger partial charge in [0.05, 0.1) is 24.5 Å². The maximum atomic E-state index is 13.5. The first-order chi connectivity index (χ1) is 23.4. The monoisotopic (exact) mass is 685 g/mol. The number of hydrogen-bond acceptors (Lipinski definition) is 10. The van der Waals surface area contributed by atoms with Gasteiger partial charge in [0.2, 0.25) is 11.8 Å². The zero-order valence-corrected chi connectivity index (χ0v) is 28.1. The summed E-state index contributed by atoms with van der Waals surface area (Å²) in [5.74, 6) is -0.209. The minimum Gasteiger partial charge on any atom is -0.453 e. The Balaban J connectivity index is 1.49. The zero-order chi connectivity index (χ0) is 35.1. The van der Waals surface area contributed by atoms with E-state index in [-0.39, 0.29) is 11.6 Å². The van der Waals surface area contributed by atoms with Crippen molar-refractivity contribution in [3.8, 4) is 23.0 Å². The molecular weight excluding hydrogens is 650 g/mol. The van der Waals surface area contributed by atoms with Gasteiger partial charge >= 0.3 is 6.09 Å². The molecule has 0 fully saturated rings. The lowest BCUT2D eigenvalue weighted by molar-refractivity contribution is -0.123. The van der Waals surface area contributed by atoms with Crippen molar-refractivity contribution < 1.29 is 19.1 Å². The fourth-order valence-electron chi connectivity index (χ4n) is 5.37. The Labute approximate surface area is 287 Å². The Kier molecular flexibility index (Phi) is 10.6. The molecular formula is C33H36ClN11O4. The van der Waals surface area contributed by atoms with Crippen LogP contribution in [0.5, 0.6) is 0 Å². The third-order valence-corrected chi connectivity index (χ3v) is 7.81. The van der Waals surface area contributed by atoms with E-state index in [2.05, 4.69) is 52.8 Å². The van der Waals surface area contributed by atoms with E-state index in [4.69, 9.17) is 16.3 Å². The molecule has 5 rings (SSSR count). The van der Waals surface area contributed by atoms with E-state index in [1.165, 1.54) is 24.2 Å². The van der Waals surface area contributed by atoms with Crippen LogP contribution in [-0.4, -0.2) is 66.8 Å². The molecule has 5 N–H and O–H groups in total. The highest BCUT2D eigenvalue weighted by atomic mass is 35.5. The van der Waals surface area contributed by atoms with Crippen LogP contribution in [0.1, 0.15) is 69.6 Å². The van der Waals surface area contributed by atoms with Gasteiger partial charge < -0.3 is 25.7 Å². The third-order valence-electron chi connectivity index (χ3n) is 7.57. The van der Waals surface area contributed by atoms with Gasteiger partial charge in [0.25, 0.3) is 0 Å². The number of aromatic amines is 1. The zero-order valence-electron chi connectivity index (χ0n) is 27.4. The SMILES string of the molecule is COC(=O)Nc1ccc2c(c1)N[C@@H](C(=O)NC(C)(C)C)CCCC[C@H](NC(=O)/C=C/c1cc(Cl)ccc1-n1cnnn1)c1nc(C#N)c-2[nH]1. The van der Waals surface area contributed by atoms with Crippen molar-refractivity contribution in [3.63, 3.8) is 0 Å². The molecule has 15 nitrogen and oxygen atoms in total. The third kappa shape index (κ3) is 8.79. The van der Waals surface area contributed by atoms with Gasteiger partial charge in [0, 0.05) is 39.1 Å². The van der Waals surface area contributed by atoms with Gasteiger partial charge in [0.1, 0.15) is 24.3 Å². The number of halogens is 1. The summed E-state index contributed by atoms with van der Waals surface area (Å²) in [6.07, 6.45) is 5.97. The number of tetrazole rings is 1. The fourth-order valence-corrected chi connectivity index (χ4v) is 5.55. The van der Waals surface area contributed by atoms with E-state index in [0.29, 0.717) is 70.4 Å². The number of H-pyrrole nitrogens is 1. The van der Waals surface area contributed by atoms with E-state index < -0.39 is 29.6 Å². The van der Waals surface area contributed by atoms with Crippen molar-refractivity contribution in [2.24, 2.45) is 0 Å². The van der Waals surface area contributed by atoms with Crippen LogP contribution < -0.4 is 21.3 Å². The van der Waals surface area contributed by atoms with Gasteiger partial charge in [-0.3, -0.25) is 14.9 Å². The van der Waals surface area contributed by atoms with Gasteiger partial charge in [0.15, 0.2) is 5.69 Å². The summed E-state index contributed by atoms with van der Waals surface area (Å²) in [4.78, 5) is 46.7. The number of carbonyl (C=O) groups is 3. The minimum atomic E-state index is -0.661. The number of anilines is 2. The van der Waals surface area contributed by atoms with E-state index >= 15 is 0 Å². The molecule has 2 aromatic carbocycles. The summed E-state index contributed by atoms with van der Waals surface area (Å²) < 4.78 is 6.21. The minimum absolute atomic E-state index is 0.0986. The first kappa shape index (κ1) is 34.6. The Morgan fingerprint density at radius 2 is 1.94 bits per heavy atom. The molecule has 254 valence electrons. The predicted molar refractivity (Wildman–Crippen MR) is 183 cm³/mol. The average molecular weight is 686 g/mol. The Hall–Kier alpha value is -5.75. The van der Waals surface area contributed by atoms with Crippen LogP contribution in [0.4, 0.5) is 16.2 Å². The Bertz CT molecular complexity index is 1910. The van der Waals surface area contributed by atoms with Crippen LogP contribution in [0, 0.1) is 11.3 Å². The van der Waals surface area contributed by atoms with Gasteiger partial charge in [-0.15, -0.1) is 5.10 Å². The van der Waals surface area contributed by atoms with E-state index in [0.717, 1.165) is 0 Å². The molecule has 3 amide bonds. The average Bonchev–Trinajstić information content (AvgIpc) is 3.74. The number of nitrogens with one attached hydrogen (secondary N) is 5. The smallest absolute Gasteiger partial charge is 0.411 e. The number of methoxy groups -OCH3 is 1. The molecule has 3 heterocycles. The lowest BCUT2D eigenvalue weighted by Crippen LogP contribution is -2.48. The highest BCUT2D eigenvalue weighted by Crippen LogP contribution is 2.35. The van der Waals surface area contributed by atoms with Crippen molar-refractivity contribution in [2.45, 2.75) is 64.1 Å². The number of imidazole rings is 1. The van der Waals surface area contributed by atoms with Crippen LogP contribution >= 0.6 is 11.6 Å². The van der Waals surface area contributed by atoms with Gasteiger partial charge in [-0.2, -0.15) is 9.94 Å². The van der Waals surface area contributed by atoms with Crippen LogP contribution in [0.25, 0.3) is 23.0 Å². The molecule has 1 aliphatic rings. The summed E-state index contributed by atoms with van der Waals surface area (Å²) in [5, 5.41) is 33.9. The maximum absolute atomic E-state index is 13.5. The van der Waals surface area contributed by atoms with Crippen LogP contribution in [0.2, 0.25) is 5.02 Å². The number of ether oxygens (including phenoxy) is 1. The number of amides is 3. The molecule has 4 aromatic rings. The lowest BCUT2D eigenvalue weighted by atomic mass is 10.0. The van der Waals surface area contributed by atoms with E-state index in [1.807, 2.05) is 20.8 Å². The molecule has 2 bridgehead atoms. The standard InChI is InChI=1S/C33H36ClN11O4/c1-33(2,3)42-31(47)24-8-6-5-7-23(39-28(46)14-9-19-15-20(34)10-13-27(19)45-18-36-43-44-45)30-40-26(17-35)29(41-30)22-12-11-21(16-25(22)38-24)37-32(48)49-4/h9-16,18,23-24,38H,5-8H2,1-4H3,(H,37,48)(H,39,46)(H,40,41)(H,42,47)/b14-9+/t23-,24+/m0/s1. The van der Waals surface area contributed by atoms with Crippen molar-refractivity contribution in [2.75, 3.05) is 17.7 Å². The molecule has 0 aliphatic carbocycles. The molecule has 0 spiro atoms. The summed E-state index contributed by atoms with van der Waals surface area (Å²) in [6.45, 7) is 5.70. The first-order valence-electron chi connectivity index (χ1n) is 15.5. The summed E-state index contributed by atoms with van der Waals surface area (Å²) >= 11 is 6.24. The Morgan fingerprint density at radius 3 is 2.65 bits per heavy atom. The number of rotatable bonds is 6. The normalized spacial score (nSPS) is 16.2. The number of fused-ring (bicyclic) bond motifs is 4. The molecule has 2 aromatic heterocycles. The molecule has 2 atom stereocenters. The summed E-state index contributed by atoms with van der Waals surface area (Å²) in [6, 6.07) is 11.1. The second-order valence-electron chi connectivity index (χ2n) is 12.4. The summed E-state index contributed by atoms with van der Waals surface area (Å²) in [7, 11) is 1.26. The molecule has 1 aliphatic heterocycles. The van der Waals surface area contributed by atoms with Crippen molar-refractivity contribution >= 4 is 47.0 Å². The maximum Gasteiger partial charge on any atom is 0.411 e. The molecule has 16 heteroatoms. The molecule has 49 heavy (non-hydrogen) atoms. The second-order valence-corrected chi connectivity index (χ2v) is 12.8. The van der Waals surface area contributed by atoms with Crippen molar-refractivity contribution in [1.29, 1.82) is 5.26 Å². The first-order valence-corrected chi connectivity index (χ1v) is 15.9. The number of aromatic nitrogens is 6. The predicted octanol–water partition coefficient (Wildman–Crippen LogP) is 4.90. The van der Waals surface area contributed by atoms with Gasteiger partial charge in [-0.1, -0.05) is 24.4 Å². The lowest BCUT2D eigenvalue weighted by Gasteiger charge is -2.27. The molecule has 0 saturated carbocycles. The number of benzene rings is 2. The largest absolute Gasteiger partial charge is 0.453 e. The summed E-state index contributed by atoms with van der Waals surface area (Å²) in [5.41, 5.74) is 2.69. The highest BCUT2D eigenvalue weighted by molar-refractivity contribution is 6.30. The topological polar surface area (TPSA) is 205 Å². The quantitative estimate of drug-likeness (QED) is 0.174. The van der Waals surface area contributed by atoms with Gasteiger partial charge in [-0.05, 0) is 86.5 Å². The molecule has 0 radical (unpaired) electrons. The van der Waals surface area contributed by atoms with Crippen LogP contribution in [0.3, 0.4) is 0 Å². The number of carbonyl (C=O) groups excluding carboxylic acids is 3. The van der Waals surface area contributed by atoms with E-state index in [1.54, 1.807) is 42.5 Å². The van der Waals surface area contributed by atoms with Crippen molar-refractivity contribution in [1.82, 2.24) is 40.8 Å². The van der Waals surface area contributed by atoms with Crippen LogP contribution in [-0.2, 0) is 14.3 Å². The van der Waals surface area contributed by atoms with Gasteiger partial charge in [-0.25, -0.2) is 9.78 Å². The number of nitrogens with zero attached hydrogens (tertiary/aromatic N) is 6. The highest BCUT2D eigenvalue weighted by Gasteiger charge is 2.27. The second kappa shape index (κ2) is 15.0. The van der Waals surface area contributed by atoms with Crippen molar-refractivity contribution in [3.05, 3.63) is 70.9 Å². The number of hydrogen-bond donors (Lipinski definition) is 5. The molecule has 0 saturated heterocycles. The van der Waals surface area contributed by atoms with E-state index in [9.17, 15) is 19.6 Å². The fraction of sp³-hybridized carbons (Fsp3) is 0.333.